The number of rotatable bonds is 2. The number of hydrogen-bond donors (Lipinski definition) is 0. The van der Waals surface area contributed by atoms with E-state index in [1.807, 2.05) is 35.2 Å². The standard InChI is InChI=1S/C40H22OS2/c1-2-9-34-28(7-1)29-15-11-25(20-35(29)41-34)27-13-17-31-30-16-12-26(21-38(30)43-39(31)22-27)24-14-18-36-33(19-24)32-8-3-5-23-6-4-10-37(42-36)40(23)32/h1-22H. The molecule has 0 atom stereocenters. The Morgan fingerprint density at radius 2 is 1.07 bits per heavy atom. The Hall–Kier alpha value is -4.83. The third-order valence-electron chi connectivity index (χ3n) is 8.87. The maximum atomic E-state index is 6.17. The summed E-state index contributed by atoms with van der Waals surface area (Å²) in [5.41, 5.74) is 9.43. The van der Waals surface area contributed by atoms with Crippen LogP contribution in [0.15, 0.2) is 148 Å². The summed E-state index contributed by atoms with van der Waals surface area (Å²) in [4.78, 5) is 2.67. The van der Waals surface area contributed by atoms with Crippen molar-refractivity contribution in [2.75, 3.05) is 0 Å². The Kier molecular flexibility index (Phi) is 4.87. The van der Waals surface area contributed by atoms with Crippen molar-refractivity contribution in [2.24, 2.45) is 0 Å². The molecule has 1 nitrogen and oxygen atoms in total. The third-order valence-corrected chi connectivity index (χ3v) is 11.1. The van der Waals surface area contributed by atoms with Gasteiger partial charge in [0.1, 0.15) is 11.2 Å². The highest BCUT2D eigenvalue weighted by Gasteiger charge is 2.19. The molecule has 0 radical (unpaired) electrons. The van der Waals surface area contributed by atoms with E-state index >= 15 is 0 Å². The second kappa shape index (κ2) is 8.84. The number of hydrogen-bond acceptors (Lipinski definition) is 3. The van der Waals surface area contributed by atoms with Crippen LogP contribution >= 0.6 is 23.1 Å². The molecule has 1 aliphatic heterocycles. The van der Waals surface area contributed by atoms with Crippen LogP contribution < -0.4 is 0 Å². The van der Waals surface area contributed by atoms with E-state index in [0.717, 1.165) is 16.6 Å². The van der Waals surface area contributed by atoms with Gasteiger partial charge in [0.05, 0.1) is 0 Å². The van der Waals surface area contributed by atoms with E-state index in [-0.39, 0.29) is 0 Å². The van der Waals surface area contributed by atoms with Gasteiger partial charge in [-0.15, -0.1) is 11.3 Å². The lowest BCUT2D eigenvalue weighted by Gasteiger charge is -2.21. The first-order valence-corrected chi connectivity index (χ1v) is 16.1. The molecule has 0 fully saturated rings. The van der Waals surface area contributed by atoms with Crippen molar-refractivity contribution in [3.05, 3.63) is 133 Å². The van der Waals surface area contributed by atoms with Gasteiger partial charge in [0, 0.05) is 46.1 Å². The second-order valence-electron chi connectivity index (χ2n) is 11.3. The van der Waals surface area contributed by atoms with Crippen LogP contribution in [-0.4, -0.2) is 0 Å². The van der Waals surface area contributed by atoms with E-state index in [0.29, 0.717) is 0 Å². The van der Waals surface area contributed by atoms with E-state index in [1.54, 1.807) is 0 Å². The van der Waals surface area contributed by atoms with Gasteiger partial charge in [-0.2, -0.15) is 0 Å². The first-order chi connectivity index (χ1) is 21.3. The molecule has 0 aliphatic carbocycles. The topological polar surface area (TPSA) is 13.1 Å². The maximum absolute atomic E-state index is 6.17. The predicted octanol–water partition coefficient (Wildman–Crippen LogP) is 12.6. The van der Waals surface area contributed by atoms with E-state index in [2.05, 4.69) is 121 Å². The quantitative estimate of drug-likeness (QED) is 0.201. The summed E-state index contributed by atoms with van der Waals surface area (Å²) in [6.45, 7) is 0. The monoisotopic (exact) mass is 582 g/mol. The lowest BCUT2D eigenvalue weighted by molar-refractivity contribution is 0.669. The molecule has 7 aromatic carbocycles. The first-order valence-electron chi connectivity index (χ1n) is 14.5. The third kappa shape index (κ3) is 3.53. The van der Waals surface area contributed by atoms with Crippen molar-refractivity contribution in [1.29, 1.82) is 0 Å². The van der Waals surface area contributed by atoms with E-state index in [1.165, 1.54) is 79.5 Å². The van der Waals surface area contributed by atoms with Crippen LogP contribution in [0.5, 0.6) is 0 Å². The first kappa shape index (κ1) is 23.7. The number of para-hydroxylation sites is 1. The molecule has 0 N–H and O–H groups in total. The van der Waals surface area contributed by atoms with E-state index in [4.69, 9.17) is 4.42 Å². The molecule has 0 saturated heterocycles. The molecule has 1 aliphatic rings. The van der Waals surface area contributed by atoms with Crippen LogP contribution in [0, 0.1) is 0 Å². The summed E-state index contributed by atoms with van der Waals surface area (Å²) in [5.74, 6) is 0. The molecule has 9 aromatic rings. The summed E-state index contributed by atoms with van der Waals surface area (Å²) < 4.78 is 8.80. The fraction of sp³-hybridized carbons (Fsp3) is 0. The zero-order valence-corrected chi connectivity index (χ0v) is 24.6. The number of fused-ring (bicyclic) bond motifs is 8. The summed E-state index contributed by atoms with van der Waals surface area (Å²) in [5, 5.41) is 7.63. The highest BCUT2D eigenvalue weighted by atomic mass is 32.2. The van der Waals surface area contributed by atoms with Crippen LogP contribution in [0.2, 0.25) is 0 Å². The van der Waals surface area contributed by atoms with E-state index in [9.17, 15) is 0 Å². The average molecular weight is 583 g/mol. The second-order valence-corrected chi connectivity index (χ2v) is 13.5. The predicted molar refractivity (Wildman–Crippen MR) is 185 cm³/mol. The molecule has 43 heavy (non-hydrogen) atoms. The zero-order chi connectivity index (χ0) is 28.1. The highest BCUT2D eigenvalue weighted by molar-refractivity contribution is 7.99. The lowest BCUT2D eigenvalue weighted by Crippen LogP contribution is -1.93. The molecule has 0 amide bonds. The van der Waals surface area contributed by atoms with Crippen LogP contribution in [-0.2, 0) is 0 Å². The number of furan rings is 1. The molecule has 0 bridgehead atoms. The Labute approximate surface area is 256 Å². The molecular weight excluding hydrogens is 561 g/mol. The number of thiophene rings is 1. The Morgan fingerprint density at radius 1 is 0.419 bits per heavy atom. The van der Waals surface area contributed by atoms with Gasteiger partial charge in [-0.1, -0.05) is 96.7 Å². The minimum absolute atomic E-state index is 0.933. The minimum Gasteiger partial charge on any atom is -0.456 e. The summed E-state index contributed by atoms with van der Waals surface area (Å²) in [6.07, 6.45) is 0. The fourth-order valence-corrected chi connectivity index (χ4v) is 9.10. The van der Waals surface area contributed by atoms with Crippen LogP contribution in [0.25, 0.3) is 86.3 Å². The molecule has 2 aromatic heterocycles. The maximum Gasteiger partial charge on any atom is 0.136 e. The fourth-order valence-electron chi connectivity index (χ4n) is 6.79. The van der Waals surface area contributed by atoms with Crippen molar-refractivity contribution in [2.45, 2.75) is 9.79 Å². The van der Waals surface area contributed by atoms with Gasteiger partial charge in [0.2, 0.25) is 0 Å². The lowest BCUT2D eigenvalue weighted by atomic mass is 9.94. The van der Waals surface area contributed by atoms with Crippen molar-refractivity contribution in [3.8, 4) is 33.4 Å². The van der Waals surface area contributed by atoms with Crippen molar-refractivity contribution < 1.29 is 4.42 Å². The minimum atomic E-state index is 0.933. The molecule has 0 spiro atoms. The molecule has 0 unspecified atom stereocenters. The smallest absolute Gasteiger partial charge is 0.136 e. The number of benzene rings is 7. The van der Waals surface area contributed by atoms with Crippen molar-refractivity contribution in [3.63, 3.8) is 0 Å². The highest BCUT2D eigenvalue weighted by Crippen LogP contribution is 2.49. The summed E-state index contributed by atoms with van der Waals surface area (Å²) in [6, 6.07) is 48.9. The van der Waals surface area contributed by atoms with Gasteiger partial charge in [-0.3, -0.25) is 0 Å². The molecule has 0 saturated carbocycles. The molecule has 3 heterocycles. The van der Waals surface area contributed by atoms with Gasteiger partial charge < -0.3 is 4.42 Å². The van der Waals surface area contributed by atoms with Crippen LogP contribution in [0.3, 0.4) is 0 Å². The van der Waals surface area contributed by atoms with Gasteiger partial charge in [0.15, 0.2) is 0 Å². The van der Waals surface area contributed by atoms with Gasteiger partial charge >= 0.3 is 0 Å². The Balaban J connectivity index is 1.06. The Bertz CT molecular complexity index is 2600. The molecular formula is C40H22OS2. The van der Waals surface area contributed by atoms with E-state index < -0.39 is 0 Å². The Morgan fingerprint density at radius 3 is 1.88 bits per heavy atom. The SMILES string of the molecule is c1cc2c3c(cccc3c1)-c1cc(-c3ccc4c(c3)sc3cc(-c5ccc6c(c5)oc5ccccc56)ccc34)ccc1S2. The van der Waals surface area contributed by atoms with Gasteiger partial charge in [-0.05, 0) is 87.3 Å². The van der Waals surface area contributed by atoms with Crippen molar-refractivity contribution >= 4 is 76.0 Å². The summed E-state index contributed by atoms with van der Waals surface area (Å²) >= 11 is 3.76. The average Bonchev–Trinajstić information content (AvgIpc) is 3.61. The van der Waals surface area contributed by atoms with Gasteiger partial charge in [-0.25, -0.2) is 0 Å². The molecule has 3 heteroatoms. The largest absolute Gasteiger partial charge is 0.456 e. The van der Waals surface area contributed by atoms with Crippen LogP contribution in [0.4, 0.5) is 0 Å². The summed E-state index contributed by atoms with van der Waals surface area (Å²) in [7, 11) is 0. The zero-order valence-electron chi connectivity index (χ0n) is 22.9. The molecule has 10 rings (SSSR count). The van der Waals surface area contributed by atoms with Crippen molar-refractivity contribution in [1.82, 2.24) is 0 Å². The van der Waals surface area contributed by atoms with Crippen LogP contribution in [0.1, 0.15) is 0 Å². The normalized spacial score (nSPS) is 12.6. The molecule has 200 valence electrons. The van der Waals surface area contributed by atoms with Gasteiger partial charge in [0.25, 0.3) is 0 Å².